The van der Waals surface area contributed by atoms with Crippen molar-refractivity contribution in [3.63, 3.8) is 0 Å². The van der Waals surface area contributed by atoms with Crippen LogP contribution in [0.25, 0.3) is 10.9 Å². The Morgan fingerprint density at radius 1 is 1.29 bits per heavy atom. The maximum absolute atomic E-state index is 3.49. The standard InChI is InChI=1S/C14H21N3/c1-11(17(2)3)9-15-10-12-4-5-14-13(8-12)6-7-16-14/h4-8,11,15-16H,9-10H2,1-3H3. The van der Waals surface area contributed by atoms with Gasteiger partial charge in [-0.05, 0) is 50.2 Å². The second kappa shape index (κ2) is 5.34. The number of hydrogen-bond acceptors (Lipinski definition) is 2. The Labute approximate surface area is 103 Å². The molecule has 1 aromatic heterocycles. The van der Waals surface area contributed by atoms with Crippen LogP contribution in [0.3, 0.4) is 0 Å². The second-order valence-corrected chi connectivity index (χ2v) is 4.84. The third kappa shape index (κ3) is 3.08. The average Bonchev–Trinajstić information content (AvgIpc) is 2.75. The third-order valence-electron chi connectivity index (χ3n) is 3.27. The van der Waals surface area contributed by atoms with E-state index in [-0.39, 0.29) is 0 Å². The molecule has 1 unspecified atom stereocenters. The Kier molecular flexibility index (Phi) is 3.82. The minimum atomic E-state index is 0.561. The molecule has 2 rings (SSSR count). The van der Waals surface area contributed by atoms with Gasteiger partial charge in [0.05, 0.1) is 0 Å². The highest BCUT2D eigenvalue weighted by Crippen LogP contribution is 2.13. The lowest BCUT2D eigenvalue weighted by atomic mass is 10.1. The van der Waals surface area contributed by atoms with Gasteiger partial charge in [-0.25, -0.2) is 0 Å². The van der Waals surface area contributed by atoms with Crippen LogP contribution in [0.2, 0.25) is 0 Å². The summed E-state index contributed by atoms with van der Waals surface area (Å²) >= 11 is 0. The molecule has 0 saturated carbocycles. The maximum Gasteiger partial charge on any atom is 0.0454 e. The first-order valence-corrected chi connectivity index (χ1v) is 6.10. The number of nitrogens with zero attached hydrogens (tertiary/aromatic N) is 1. The van der Waals surface area contributed by atoms with Crippen molar-refractivity contribution < 1.29 is 0 Å². The molecule has 92 valence electrons. The van der Waals surface area contributed by atoms with Gasteiger partial charge in [0.1, 0.15) is 0 Å². The fourth-order valence-electron chi connectivity index (χ4n) is 1.82. The molecule has 3 heteroatoms. The quantitative estimate of drug-likeness (QED) is 0.826. The van der Waals surface area contributed by atoms with Crippen LogP contribution in [0.4, 0.5) is 0 Å². The molecule has 2 aromatic rings. The zero-order valence-corrected chi connectivity index (χ0v) is 10.8. The van der Waals surface area contributed by atoms with Crippen molar-refractivity contribution in [2.24, 2.45) is 0 Å². The summed E-state index contributed by atoms with van der Waals surface area (Å²) in [6.07, 6.45) is 1.98. The van der Waals surface area contributed by atoms with Gasteiger partial charge in [0.25, 0.3) is 0 Å². The van der Waals surface area contributed by atoms with E-state index in [2.05, 4.69) is 60.5 Å². The molecule has 1 heterocycles. The van der Waals surface area contributed by atoms with E-state index in [9.17, 15) is 0 Å². The van der Waals surface area contributed by atoms with Crippen LogP contribution in [0.5, 0.6) is 0 Å². The summed E-state index contributed by atoms with van der Waals surface area (Å²) in [5.41, 5.74) is 2.54. The van der Waals surface area contributed by atoms with E-state index in [0.29, 0.717) is 6.04 Å². The Morgan fingerprint density at radius 3 is 2.88 bits per heavy atom. The first-order valence-electron chi connectivity index (χ1n) is 6.10. The zero-order valence-electron chi connectivity index (χ0n) is 10.8. The highest BCUT2D eigenvalue weighted by molar-refractivity contribution is 5.79. The van der Waals surface area contributed by atoms with Crippen molar-refractivity contribution >= 4 is 10.9 Å². The second-order valence-electron chi connectivity index (χ2n) is 4.84. The van der Waals surface area contributed by atoms with Crippen LogP contribution in [-0.2, 0) is 6.54 Å². The van der Waals surface area contributed by atoms with Gasteiger partial charge >= 0.3 is 0 Å². The lowest BCUT2D eigenvalue weighted by Crippen LogP contribution is -2.35. The lowest BCUT2D eigenvalue weighted by Gasteiger charge is -2.20. The molecule has 0 fully saturated rings. The van der Waals surface area contributed by atoms with E-state index in [1.807, 2.05) is 6.20 Å². The summed E-state index contributed by atoms with van der Waals surface area (Å²) in [5.74, 6) is 0. The van der Waals surface area contributed by atoms with Crippen molar-refractivity contribution in [3.8, 4) is 0 Å². The minimum Gasteiger partial charge on any atom is -0.361 e. The number of nitrogens with one attached hydrogen (secondary N) is 2. The van der Waals surface area contributed by atoms with E-state index in [1.165, 1.54) is 16.5 Å². The van der Waals surface area contributed by atoms with Crippen LogP contribution >= 0.6 is 0 Å². The van der Waals surface area contributed by atoms with Gasteiger partial charge in [0.2, 0.25) is 0 Å². The van der Waals surface area contributed by atoms with Crippen LogP contribution < -0.4 is 5.32 Å². The SMILES string of the molecule is CC(CNCc1ccc2[nH]ccc2c1)N(C)C. The van der Waals surface area contributed by atoms with Gasteiger partial charge in [-0.2, -0.15) is 0 Å². The highest BCUT2D eigenvalue weighted by Gasteiger charge is 2.03. The molecule has 0 aliphatic carbocycles. The van der Waals surface area contributed by atoms with Crippen LogP contribution in [0.15, 0.2) is 30.5 Å². The molecule has 0 amide bonds. The van der Waals surface area contributed by atoms with Gasteiger partial charge in [-0.3, -0.25) is 0 Å². The molecule has 0 spiro atoms. The van der Waals surface area contributed by atoms with E-state index in [4.69, 9.17) is 0 Å². The van der Waals surface area contributed by atoms with Crippen molar-refractivity contribution in [1.29, 1.82) is 0 Å². The van der Waals surface area contributed by atoms with E-state index in [1.54, 1.807) is 0 Å². The van der Waals surface area contributed by atoms with Crippen molar-refractivity contribution in [3.05, 3.63) is 36.0 Å². The number of aromatic nitrogens is 1. The van der Waals surface area contributed by atoms with Crippen LogP contribution in [-0.4, -0.2) is 36.6 Å². The monoisotopic (exact) mass is 231 g/mol. The van der Waals surface area contributed by atoms with Gasteiger partial charge in [0.15, 0.2) is 0 Å². The number of H-pyrrole nitrogens is 1. The molecule has 0 radical (unpaired) electrons. The summed E-state index contributed by atoms with van der Waals surface area (Å²) in [7, 11) is 4.22. The first-order chi connectivity index (χ1) is 8.16. The third-order valence-corrected chi connectivity index (χ3v) is 3.27. The largest absolute Gasteiger partial charge is 0.361 e. The normalized spacial score (nSPS) is 13.4. The summed E-state index contributed by atoms with van der Waals surface area (Å²) in [4.78, 5) is 5.43. The average molecular weight is 231 g/mol. The number of fused-ring (bicyclic) bond motifs is 1. The fraction of sp³-hybridized carbons (Fsp3) is 0.429. The Balaban J connectivity index is 1.90. The number of rotatable bonds is 5. The molecule has 0 bridgehead atoms. The number of aromatic amines is 1. The van der Waals surface area contributed by atoms with Crippen LogP contribution in [0.1, 0.15) is 12.5 Å². The van der Waals surface area contributed by atoms with Crippen molar-refractivity contribution in [2.45, 2.75) is 19.5 Å². The van der Waals surface area contributed by atoms with Gasteiger partial charge in [0, 0.05) is 30.8 Å². The smallest absolute Gasteiger partial charge is 0.0454 e. The Hall–Kier alpha value is -1.32. The molecule has 0 saturated heterocycles. The van der Waals surface area contributed by atoms with E-state index >= 15 is 0 Å². The number of benzene rings is 1. The van der Waals surface area contributed by atoms with Gasteiger partial charge < -0.3 is 15.2 Å². The number of likely N-dealkylation sites (N-methyl/N-ethyl adjacent to an activating group) is 1. The summed E-state index contributed by atoms with van der Waals surface area (Å²) < 4.78 is 0. The highest BCUT2D eigenvalue weighted by atomic mass is 15.1. The van der Waals surface area contributed by atoms with Gasteiger partial charge in [-0.1, -0.05) is 6.07 Å². The molecule has 2 N–H and O–H groups in total. The molecular weight excluding hydrogens is 210 g/mol. The zero-order chi connectivity index (χ0) is 12.3. The van der Waals surface area contributed by atoms with Crippen molar-refractivity contribution in [2.75, 3.05) is 20.6 Å². The molecule has 17 heavy (non-hydrogen) atoms. The Bertz CT molecular complexity index is 473. The molecule has 0 aliphatic rings. The molecule has 1 atom stereocenters. The van der Waals surface area contributed by atoms with E-state index in [0.717, 1.165) is 13.1 Å². The lowest BCUT2D eigenvalue weighted by molar-refractivity contribution is 0.302. The summed E-state index contributed by atoms with van der Waals surface area (Å²) in [6.45, 7) is 4.17. The minimum absolute atomic E-state index is 0.561. The predicted octanol–water partition coefficient (Wildman–Crippen LogP) is 2.21. The topological polar surface area (TPSA) is 31.1 Å². The molecular formula is C14H21N3. The van der Waals surface area contributed by atoms with Gasteiger partial charge in [-0.15, -0.1) is 0 Å². The van der Waals surface area contributed by atoms with Crippen LogP contribution in [0, 0.1) is 0 Å². The molecule has 1 aromatic carbocycles. The predicted molar refractivity (Wildman–Crippen MR) is 73.2 cm³/mol. The number of hydrogen-bond donors (Lipinski definition) is 2. The van der Waals surface area contributed by atoms with E-state index < -0.39 is 0 Å². The maximum atomic E-state index is 3.49. The fourth-order valence-corrected chi connectivity index (χ4v) is 1.82. The molecule has 0 aliphatic heterocycles. The molecule has 3 nitrogen and oxygen atoms in total. The summed E-state index contributed by atoms with van der Waals surface area (Å²) in [6, 6.07) is 9.22. The Morgan fingerprint density at radius 2 is 2.12 bits per heavy atom. The van der Waals surface area contributed by atoms with Crippen molar-refractivity contribution in [1.82, 2.24) is 15.2 Å². The summed E-state index contributed by atoms with van der Waals surface area (Å²) in [5, 5.41) is 4.77. The first kappa shape index (κ1) is 12.1.